The van der Waals surface area contributed by atoms with Gasteiger partial charge in [-0.3, -0.25) is 0 Å². The highest BCUT2D eigenvalue weighted by Gasteiger charge is 2.39. The van der Waals surface area contributed by atoms with E-state index < -0.39 is 17.6 Å². The molecule has 37 heavy (non-hydrogen) atoms. The van der Waals surface area contributed by atoms with E-state index >= 15 is 0 Å². The molecule has 2 aromatic carbocycles. The lowest BCUT2D eigenvalue weighted by molar-refractivity contribution is 0.0960. The fraction of sp³-hybridized carbons (Fsp3) is 0.310. The van der Waals surface area contributed by atoms with Crippen molar-refractivity contribution in [2.75, 3.05) is 18.4 Å². The molecular formula is C29H34FN5OS. The van der Waals surface area contributed by atoms with Gasteiger partial charge in [0.25, 0.3) is 0 Å². The molecule has 0 saturated carbocycles. The molecule has 0 aliphatic heterocycles. The summed E-state index contributed by atoms with van der Waals surface area (Å²) >= 11 is 1.48. The van der Waals surface area contributed by atoms with Gasteiger partial charge in [0, 0.05) is 30.2 Å². The van der Waals surface area contributed by atoms with E-state index in [9.17, 15) is 9.18 Å². The Balaban J connectivity index is 1.83. The van der Waals surface area contributed by atoms with Crippen LogP contribution in [0.2, 0.25) is 0 Å². The van der Waals surface area contributed by atoms with Crippen LogP contribution in [0, 0.1) is 5.41 Å². The lowest BCUT2D eigenvalue weighted by Crippen LogP contribution is -2.48. The Kier molecular flexibility index (Phi) is 8.41. The van der Waals surface area contributed by atoms with Crippen molar-refractivity contribution < 1.29 is 9.18 Å². The highest BCUT2D eigenvalue weighted by atomic mass is 32.1. The molecule has 2 aromatic heterocycles. The van der Waals surface area contributed by atoms with E-state index in [1.807, 2.05) is 92.3 Å². The number of alkyl halides is 1. The van der Waals surface area contributed by atoms with Gasteiger partial charge in [-0.05, 0) is 22.4 Å². The molecule has 194 valence electrons. The highest BCUT2D eigenvalue weighted by molar-refractivity contribution is 7.08. The maximum Gasteiger partial charge on any atom is 0.322 e. The fourth-order valence-corrected chi connectivity index (χ4v) is 5.01. The number of aromatic nitrogens is 2. The number of nitrogens with two attached hydrogens (primary N) is 1. The summed E-state index contributed by atoms with van der Waals surface area (Å²) in [6.07, 6.45) is 0.644. The minimum absolute atomic E-state index is 0.146. The zero-order valence-corrected chi connectivity index (χ0v) is 22.3. The summed E-state index contributed by atoms with van der Waals surface area (Å²) in [6, 6.07) is 21.0. The molecule has 0 aliphatic rings. The second-order valence-electron chi connectivity index (χ2n) is 10.2. The number of rotatable bonds is 9. The maximum atomic E-state index is 14.8. The highest BCUT2D eigenvalue weighted by Crippen LogP contribution is 2.39. The van der Waals surface area contributed by atoms with Gasteiger partial charge in [-0.25, -0.2) is 14.2 Å². The third kappa shape index (κ3) is 6.64. The molecule has 0 fully saturated rings. The topological polar surface area (TPSA) is 76.2 Å². The summed E-state index contributed by atoms with van der Waals surface area (Å²) in [5, 5.41) is 6.67. The summed E-state index contributed by atoms with van der Waals surface area (Å²) in [5.41, 5.74) is 8.75. The predicted molar refractivity (Wildman–Crippen MR) is 149 cm³/mol. The molecule has 2 atom stereocenters. The van der Waals surface area contributed by atoms with Crippen LogP contribution in [0.1, 0.15) is 38.2 Å². The Morgan fingerprint density at radius 3 is 2.38 bits per heavy atom. The van der Waals surface area contributed by atoms with Gasteiger partial charge in [0.2, 0.25) is 0 Å². The number of carbonyl (C=O) groups is 1. The second kappa shape index (κ2) is 11.7. The summed E-state index contributed by atoms with van der Waals surface area (Å²) in [7, 11) is 0. The van der Waals surface area contributed by atoms with E-state index in [2.05, 4.69) is 22.0 Å². The average molecular weight is 520 g/mol. The van der Waals surface area contributed by atoms with E-state index in [0.29, 0.717) is 18.1 Å². The molecular weight excluding hydrogens is 485 g/mol. The van der Waals surface area contributed by atoms with Gasteiger partial charge in [-0.15, -0.1) is 0 Å². The van der Waals surface area contributed by atoms with Crippen molar-refractivity contribution in [3.05, 3.63) is 95.1 Å². The molecule has 0 radical (unpaired) electrons. The lowest BCUT2D eigenvalue weighted by atomic mass is 9.84. The lowest BCUT2D eigenvalue weighted by Gasteiger charge is -2.40. The Morgan fingerprint density at radius 2 is 1.78 bits per heavy atom. The zero-order valence-electron chi connectivity index (χ0n) is 21.5. The summed E-state index contributed by atoms with van der Waals surface area (Å²) in [4.78, 5) is 20.3. The quantitative estimate of drug-likeness (QED) is 0.262. The second-order valence-corrected chi connectivity index (χ2v) is 10.9. The Hall–Kier alpha value is -3.49. The molecule has 0 bridgehead atoms. The van der Waals surface area contributed by atoms with Crippen LogP contribution in [-0.2, 0) is 6.54 Å². The molecule has 0 unspecified atom stereocenters. The molecule has 2 amide bonds. The zero-order chi connectivity index (χ0) is 26.4. The number of benzene rings is 2. The molecule has 8 heteroatoms. The first-order valence-corrected chi connectivity index (χ1v) is 13.3. The van der Waals surface area contributed by atoms with E-state index in [-0.39, 0.29) is 19.1 Å². The molecule has 4 aromatic rings. The van der Waals surface area contributed by atoms with Crippen molar-refractivity contribution in [1.82, 2.24) is 14.5 Å². The van der Waals surface area contributed by atoms with Gasteiger partial charge in [-0.2, -0.15) is 11.3 Å². The predicted octanol–water partition coefficient (Wildman–Crippen LogP) is 6.58. The van der Waals surface area contributed by atoms with Crippen molar-refractivity contribution in [2.45, 2.75) is 39.5 Å². The third-order valence-corrected chi connectivity index (χ3v) is 6.82. The van der Waals surface area contributed by atoms with Crippen molar-refractivity contribution in [3.8, 4) is 11.3 Å². The molecule has 6 nitrogen and oxygen atoms in total. The van der Waals surface area contributed by atoms with Crippen molar-refractivity contribution >= 4 is 23.1 Å². The molecule has 0 spiro atoms. The van der Waals surface area contributed by atoms with Gasteiger partial charge in [0.15, 0.2) is 0 Å². The molecule has 3 N–H and O–H groups in total. The van der Waals surface area contributed by atoms with E-state index in [0.717, 1.165) is 16.8 Å². The summed E-state index contributed by atoms with van der Waals surface area (Å²) in [5.74, 6) is 0.694. The Bertz CT molecular complexity index is 1270. The van der Waals surface area contributed by atoms with Crippen molar-refractivity contribution in [2.24, 2.45) is 11.1 Å². The van der Waals surface area contributed by atoms with Crippen LogP contribution >= 0.6 is 11.3 Å². The number of nitrogens with zero attached hydrogens (tertiary/aromatic N) is 3. The smallest absolute Gasteiger partial charge is 0.322 e. The normalized spacial score (nSPS) is 13.2. The van der Waals surface area contributed by atoms with Gasteiger partial charge in [-0.1, -0.05) is 81.4 Å². The van der Waals surface area contributed by atoms with Crippen molar-refractivity contribution in [3.63, 3.8) is 0 Å². The number of imidazole rings is 1. The maximum absolute atomic E-state index is 14.8. The molecule has 0 saturated heterocycles. The number of halogens is 1. The number of amides is 2. The van der Waals surface area contributed by atoms with E-state index in [4.69, 9.17) is 10.7 Å². The average Bonchev–Trinajstić information content (AvgIpc) is 3.54. The van der Waals surface area contributed by atoms with E-state index in [1.165, 1.54) is 11.3 Å². The van der Waals surface area contributed by atoms with Gasteiger partial charge < -0.3 is 20.5 Å². The first kappa shape index (κ1) is 26.6. The fourth-order valence-electron chi connectivity index (χ4n) is 4.42. The van der Waals surface area contributed by atoms with Gasteiger partial charge in [0.1, 0.15) is 12.0 Å². The monoisotopic (exact) mass is 519 g/mol. The SMILES string of the molecule is CC(C)(C)[C@H](c1nc(-c2ccccc2)cn1Cc1ccccc1)N(C[C@H](F)CN)C(=O)Nc1ccsc1. The first-order chi connectivity index (χ1) is 17.8. The summed E-state index contributed by atoms with van der Waals surface area (Å²) in [6.45, 7) is 6.38. The number of thiophene rings is 1. The standard InChI is InChI=1S/C29H34FN5OS/c1-29(2,3)26(35(18-23(30)16-31)28(36)32-24-14-15-37-20-24)27-33-25(22-12-8-5-9-13-22)19-34(27)17-21-10-6-4-7-11-21/h4-15,19-20,23,26H,16-18,31H2,1-3H3,(H,32,36)/t23-,26+/m1/s1. The molecule has 2 heterocycles. The Labute approximate surface area is 222 Å². The Morgan fingerprint density at radius 1 is 1.11 bits per heavy atom. The van der Waals surface area contributed by atoms with Crippen LogP contribution in [0.5, 0.6) is 0 Å². The summed E-state index contributed by atoms with van der Waals surface area (Å²) < 4.78 is 16.9. The minimum atomic E-state index is -1.37. The largest absolute Gasteiger partial charge is 0.328 e. The number of urea groups is 1. The van der Waals surface area contributed by atoms with Crippen LogP contribution in [0.25, 0.3) is 11.3 Å². The van der Waals surface area contributed by atoms with Crippen LogP contribution in [0.4, 0.5) is 14.9 Å². The number of nitrogens with one attached hydrogen (secondary N) is 1. The molecule has 0 aliphatic carbocycles. The van der Waals surface area contributed by atoms with Crippen LogP contribution in [0.15, 0.2) is 83.7 Å². The number of anilines is 1. The third-order valence-electron chi connectivity index (χ3n) is 6.13. The van der Waals surface area contributed by atoms with Crippen LogP contribution in [-0.4, -0.2) is 39.7 Å². The van der Waals surface area contributed by atoms with Gasteiger partial charge >= 0.3 is 6.03 Å². The van der Waals surface area contributed by atoms with Crippen LogP contribution < -0.4 is 11.1 Å². The number of hydrogen-bond donors (Lipinski definition) is 2. The van der Waals surface area contributed by atoms with E-state index in [1.54, 1.807) is 4.90 Å². The van der Waals surface area contributed by atoms with Crippen molar-refractivity contribution in [1.29, 1.82) is 0 Å². The van der Waals surface area contributed by atoms with Crippen LogP contribution in [0.3, 0.4) is 0 Å². The first-order valence-electron chi connectivity index (χ1n) is 12.4. The molecule has 4 rings (SSSR count). The minimum Gasteiger partial charge on any atom is -0.328 e. The van der Waals surface area contributed by atoms with Gasteiger partial charge in [0.05, 0.1) is 24.0 Å². The number of hydrogen-bond acceptors (Lipinski definition) is 4. The number of carbonyl (C=O) groups excluding carboxylic acids is 1.